The van der Waals surface area contributed by atoms with Crippen LogP contribution in [0.2, 0.25) is 0 Å². The van der Waals surface area contributed by atoms with Crippen LogP contribution in [-0.4, -0.2) is 37.3 Å². The molecule has 0 spiro atoms. The number of nitrogens with zero attached hydrogens (tertiary/aromatic N) is 2. The minimum absolute atomic E-state index is 0.0723. The molecule has 1 aliphatic heterocycles. The number of rotatable bonds is 7. The molecule has 178 valence electrons. The number of thioether (sulfide) groups is 1. The minimum Gasteiger partial charge on any atom is -0.326 e. The van der Waals surface area contributed by atoms with Crippen molar-refractivity contribution < 1.29 is 18.0 Å². The number of amidine groups is 1. The molecule has 3 aromatic rings. The lowest BCUT2D eigenvalue weighted by atomic mass is 10.2. The van der Waals surface area contributed by atoms with Gasteiger partial charge in [-0.1, -0.05) is 42.5 Å². The molecule has 0 radical (unpaired) electrons. The van der Waals surface area contributed by atoms with Crippen molar-refractivity contribution in [2.24, 2.45) is 4.99 Å². The second kappa shape index (κ2) is 10.3. The first kappa shape index (κ1) is 24.4. The molecule has 0 aromatic heterocycles. The zero-order valence-corrected chi connectivity index (χ0v) is 20.6. The van der Waals surface area contributed by atoms with Crippen molar-refractivity contribution in [3.8, 4) is 0 Å². The largest absolute Gasteiger partial charge is 0.326 e. The molecule has 2 amide bonds. The van der Waals surface area contributed by atoms with E-state index in [9.17, 15) is 18.0 Å². The molecule has 2 N–H and O–H groups in total. The van der Waals surface area contributed by atoms with E-state index in [1.165, 1.54) is 31.2 Å². The van der Waals surface area contributed by atoms with Gasteiger partial charge in [-0.3, -0.25) is 9.59 Å². The Bertz CT molecular complexity index is 1420. The van der Waals surface area contributed by atoms with Gasteiger partial charge in [0.15, 0.2) is 5.84 Å². The van der Waals surface area contributed by atoms with Crippen LogP contribution in [0.3, 0.4) is 0 Å². The molecule has 8 nitrogen and oxygen atoms in total. The summed E-state index contributed by atoms with van der Waals surface area (Å²) in [6.45, 7) is 1.36. The maximum Gasteiger partial charge on any atom is 0.293 e. The normalized spacial score (nSPS) is 14.8. The topological polar surface area (TPSA) is 108 Å². The molecule has 0 saturated heterocycles. The van der Waals surface area contributed by atoms with E-state index in [0.717, 1.165) is 15.5 Å². The number of nitrogens with one attached hydrogen (secondary N) is 2. The van der Waals surface area contributed by atoms with Gasteiger partial charge in [0, 0.05) is 23.1 Å². The highest BCUT2D eigenvalue weighted by Crippen LogP contribution is 2.24. The number of sulfonamides is 1. The Kier molecular flexibility index (Phi) is 7.15. The monoisotopic (exact) mass is 506 g/mol. The number of benzene rings is 3. The molecular weight excluding hydrogens is 484 g/mol. The van der Waals surface area contributed by atoms with Crippen molar-refractivity contribution >= 4 is 51.2 Å². The fourth-order valence-electron chi connectivity index (χ4n) is 3.33. The van der Waals surface area contributed by atoms with Gasteiger partial charge in [0.05, 0.1) is 4.90 Å². The molecule has 0 unspecified atom stereocenters. The molecule has 0 fully saturated rings. The summed E-state index contributed by atoms with van der Waals surface area (Å²) in [6.07, 6.45) is 3.59. The second-order valence-electron chi connectivity index (χ2n) is 7.55. The fourth-order valence-corrected chi connectivity index (χ4v) is 4.75. The molecular formula is C25H22N4O4S2. The van der Waals surface area contributed by atoms with Crippen LogP contribution in [0.1, 0.15) is 18.1 Å². The minimum atomic E-state index is -4.14. The summed E-state index contributed by atoms with van der Waals surface area (Å²) in [6, 6.07) is 22.1. The van der Waals surface area contributed by atoms with Crippen molar-refractivity contribution in [1.82, 2.24) is 9.84 Å². The van der Waals surface area contributed by atoms with E-state index >= 15 is 0 Å². The van der Waals surface area contributed by atoms with Crippen LogP contribution < -0.4 is 10.1 Å². The first-order valence-electron chi connectivity index (χ1n) is 10.5. The van der Waals surface area contributed by atoms with Crippen molar-refractivity contribution in [1.29, 1.82) is 0 Å². The number of amides is 2. The summed E-state index contributed by atoms with van der Waals surface area (Å²) in [7, 11) is -4.14. The summed E-state index contributed by atoms with van der Waals surface area (Å²) in [5.74, 6) is -0.704. The van der Waals surface area contributed by atoms with E-state index in [-0.39, 0.29) is 22.3 Å². The lowest BCUT2D eigenvalue weighted by molar-refractivity contribution is -0.123. The number of carbonyl (C=O) groups is 2. The summed E-state index contributed by atoms with van der Waals surface area (Å²) >= 11 is 1.61. The highest BCUT2D eigenvalue weighted by atomic mass is 32.2. The van der Waals surface area contributed by atoms with Gasteiger partial charge in [-0.2, -0.15) is 0 Å². The highest BCUT2D eigenvalue weighted by Gasteiger charge is 2.34. The van der Waals surface area contributed by atoms with E-state index in [0.29, 0.717) is 11.3 Å². The number of carbonyl (C=O) groups excluding carboxylic acids is 2. The van der Waals surface area contributed by atoms with E-state index in [2.05, 4.69) is 15.1 Å². The first-order valence-corrected chi connectivity index (χ1v) is 13.2. The predicted octanol–water partition coefficient (Wildman–Crippen LogP) is 3.89. The molecule has 0 atom stereocenters. The van der Waals surface area contributed by atoms with Gasteiger partial charge in [-0.25, -0.2) is 18.4 Å². The van der Waals surface area contributed by atoms with Gasteiger partial charge in [-0.15, -0.1) is 16.6 Å². The molecule has 4 rings (SSSR count). The maximum absolute atomic E-state index is 13.3. The van der Waals surface area contributed by atoms with Gasteiger partial charge < -0.3 is 5.32 Å². The lowest BCUT2D eigenvalue weighted by Crippen LogP contribution is -2.47. The molecule has 1 aliphatic rings. The third-order valence-corrected chi connectivity index (χ3v) is 7.07. The van der Waals surface area contributed by atoms with Gasteiger partial charge in [0.1, 0.15) is 5.70 Å². The predicted molar refractivity (Wildman–Crippen MR) is 137 cm³/mol. The third kappa shape index (κ3) is 5.68. The smallest absolute Gasteiger partial charge is 0.293 e. The lowest BCUT2D eigenvalue weighted by Gasteiger charge is -2.19. The van der Waals surface area contributed by atoms with E-state index in [4.69, 9.17) is 0 Å². The average Bonchev–Trinajstić information content (AvgIpc) is 3.14. The number of hydrogen-bond acceptors (Lipinski definition) is 6. The Hall–Kier alpha value is -3.73. The Balaban J connectivity index is 1.66. The van der Waals surface area contributed by atoms with Crippen molar-refractivity contribution in [2.75, 3.05) is 11.6 Å². The molecule has 0 aliphatic carbocycles. The SMILES string of the molecule is CSc1ccc(/C=C2\N=C(c3ccccc3)N(NS(=O)(=O)c3ccc(NC(C)=O)cc3)C2=O)cc1. The zero-order valence-electron chi connectivity index (χ0n) is 18.9. The standard InChI is InChI=1S/C25H22N4O4S2/c1-17(30)26-20-10-14-22(15-11-20)35(32,33)28-29-24(19-6-4-3-5-7-19)27-23(25(29)31)16-18-8-12-21(34-2)13-9-18/h3-16,28H,1-2H3,(H,26,30)/b23-16-. The van der Waals surface area contributed by atoms with Crippen LogP contribution in [0.25, 0.3) is 6.08 Å². The Labute approximate surface area is 207 Å². The van der Waals surface area contributed by atoms with Gasteiger partial charge in [-0.05, 0) is 54.3 Å². The van der Waals surface area contributed by atoms with Gasteiger partial charge in [0.2, 0.25) is 5.91 Å². The summed E-state index contributed by atoms with van der Waals surface area (Å²) in [4.78, 5) is 32.3. The van der Waals surface area contributed by atoms with Crippen molar-refractivity contribution in [3.63, 3.8) is 0 Å². The summed E-state index contributed by atoms with van der Waals surface area (Å²) < 4.78 is 26.2. The summed E-state index contributed by atoms with van der Waals surface area (Å²) in [5.41, 5.74) is 1.90. The van der Waals surface area contributed by atoms with Crippen LogP contribution >= 0.6 is 11.8 Å². The van der Waals surface area contributed by atoms with E-state index < -0.39 is 15.9 Å². The quantitative estimate of drug-likeness (QED) is 0.373. The third-order valence-electron chi connectivity index (χ3n) is 5.01. The maximum atomic E-state index is 13.3. The number of aliphatic imine (C=N–C) groups is 1. The number of anilines is 1. The molecule has 1 heterocycles. The van der Waals surface area contributed by atoms with Gasteiger partial charge in [0.25, 0.3) is 15.9 Å². The van der Waals surface area contributed by atoms with Crippen LogP contribution in [0.4, 0.5) is 5.69 Å². The van der Waals surface area contributed by atoms with E-state index in [1.54, 1.807) is 42.1 Å². The van der Waals surface area contributed by atoms with Crippen LogP contribution in [0.15, 0.2) is 99.3 Å². The van der Waals surface area contributed by atoms with Crippen LogP contribution in [-0.2, 0) is 19.6 Å². The Morgan fingerprint density at radius 1 is 0.971 bits per heavy atom. The van der Waals surface area contributed by atoms with Gasteiger partial charge >= 0.3 is 0 Å². The van der Waals surface area contributed by atoms with Crippen LogP contribution in [0.5, 0.6) is 0 Å². The molecule has 10 heteroatoms. The van der Waals surface area contributed by atoms with Crippen LogP contribution in [0, 0.1) is 0 Å². The zero-order chi connectivity index (χ0) is 25.0. The van der Waals surface area contributed by atoms with Crippen molar-refractivity contribution in [2.45, 2.75) is 16.7 Å². The Morgan fingerprint density at radius 3 is 2.23 bits per heavy atom. The number of hydrogen-bond donors (Lipinski definition) is 2. The number of hydrazine groups is 1. The summed E-state index contributed by atoms with van der Waals surface area (Å²) in [5, 5.41) is 3.52. The Morgan fingerprint density at radius 2 is 1.63 bits per heavy atom. The average molecular weight is 507 g/mol. The molecule has 3 aromatic carbocycles. The molecule has 0 saturated carbocycles. The van der Waals surface area contributed by atoms with E-state index in [1.807, 2.05) is 36.6 Å². The molecule has 0 bridgehead atoms. The fraction of sp³-hybridized carbons (Fsp3) is 0.0800. The first-order chi connectivity index (χ1) is 16.8. The van der Waals surface area contributed by atoms with Crippen molar-refractivity contribution in [3.05, 3.63) is 95.7 Å². The second-order valence-corrected chi connectivity index (χ2v) is 10.1. The molecule has 35 heavy (non-hydrogen) atoms. The highest BCUT2D eigenvalue weighted by molar-refractivity contribution is 7.98.